The molecule has 1 aliphatic rings. The SMILES string of the molecule is O=C(CN1CCC(c2nc3ccccc3s2)CC1)NC(c1ccccc1)c1nccs1. The molecule has 1 fully saturated rings. The molecular formula is C24H24N4OS2. The van der Waals surface area contributed by atoms with E-state index in [1.807, 2.05) is 53.1 Å². The van der Waals surface area contributed by atoms with Gasteiger partial charge in [-0.2, -0.15) is 0 Å². The number of carbonyl (C=O) groups excluding carboxylic acids is 1. The number of nitrogens with zero attached hydrogens (tertiary/aromatic N) is 3. The van der Waals surface area contributed by atoms with E-state index in [1.165, 1.54) is 9.71 Å². The molecule has 2 aromatic heterocycles. The van der Waals surface area contributed by atoms with E-state index in [1.54, 1.807) is 17.5 Å². The molecular weight excluding hydrogens is 424 g/mol. The van der Waals surface area contributed by atoms with Crippen molar-refractivity contribution in [2.24, 2.45) is 0 Å². The standard InChI is InChI=1S/C24H24N4OS2/c29-21(27-22(24-25-12-15-30-24)17-6-2-1-3-7-17)16-28-13-10-18(11-14-28)23-26-19-8-4-5-9-20(19)31-23/h1-9,12,15,18,22H,10-11,13-14,16H2,(H,27,29). The lowest BCUT2D eigenvalue weighted by atomic mass is 9.97. The van der Waals surface area contributed by atoms with Crippen LogP contribution in [0.3, 0.4) is 0 Å². The summed E-state index contributed by atoms with van der Waals surface area (Å²) in [7, 11) is 0. The Morgan fingerprint density at radius 3 is 2.61 bits per heavy atom. The maximum absolute atomic E-state index is 12.9. The molecule has 5 rings (SSSR count). The second kappa shape index (κ2) is 9.26. The van der Waals surface area contributed by atoms with E-state index in [2.05, 4.69) is 33.4 Å². The van der Waals surface area contributed by atoms with E-state index in [0.29, 0.717) is 12.5 Å². The van der Waals surface area contributed by atoms with Crippen LogP contribution in [0.1, 0.15) is 40.4 Å². The van der Waals surface area contributed by atoms with Crippen molar-refractivity contribution in [2.75, 3.05) is 19.6 Å². The molecule has 5 nitrogen and oxygen atoms in total. The Balaban J connectivity index is 1.19. The summed E-state index contributed by atoms with van der Waals surface area (Å²) < 4.78 is 1.26. The number of carbonyl (C=O) groups is 1. The fraction of sp³-hybridized carbons (Fsp3) is 0.292. The van der Waals surface area contributed by atoms with Crippen molar-refractivity contribution in [2.45, 2.75) is 24.8 Å². The van der Waals surface area contributed by atoms with Crippen LogP contribution in [0.15, 0.2) is 66.2 Å². The second-order valence-electron chi connectivity index (χ2n) is 7.85. The zero-order chi connectivity index (χ0) is 21.0. The molecule has 1 aliphatic heterocycles. The summed E-state index contributed by atoms with van der Waals surface area (Å²) in [5, 5.41) is 7.29. The summed E-state index contributed by atoms with van der Waals surface area (Å²) in [6.45, 7) is 2.25. The molecule has 2 aromatic carbocycles. The highest BCUT2D eigenvalue weighted by Gasteiger charge is 2.26. The Hall–Kier alpha value is -2.61. The first kappa shape index (κ1) is 20.3. The molecule has 0 aliphatic carbocycles. The first-order chi connectivity index (χ1) is 15.3. The molecule has 1 amide bonds. The number of aromatic nitrogens is 2. The normalized spacial score (nSPS) is 16.4. The number of amides is 1. The van der Waals surface area contributed by atoms with Crippen LogP contribution < -0.4 is 5.32 Å². The zero-order valence-electron chi connectivity index (χ0n) is 17.1. The largest absolute Gasteiger partial charge is 0.342 e. The van der Waals surface area contributed by atoms with Crippen LogP contribution in [0, 0.1) is 0 Å². The monoisotopic (exact) mass is 448 g/mol. The van der Waals surface area contributed by atoms with E-state index in [-0.39, 0.29) is 11.9 Å². The van der Waals surface area contributed by atoms with Crippen molar-refractivity contribution in [1.29, 1.82) is 0 Å². The maximum atomic E-state index is 12.9. The predicted octanol–water partition coefficient (Wildman–Crippen LogP) is 4.84. The molecule has 0 spiro atoms. The fourth-order valence-corrected chi connectivity index (χ4v) is 5.97. The highest BCUT2D eigenvalue weighted by Crippen LogP contribution is 2.33. The van der Waals surface area contributed by atoms with Gasteiger partial charge in [-0.1, -0.05) is 42.5 Å². The number of nitrogens with one attached hydrogen (secondary N) is 1. The third kappa shape index (κ3) is 4.69. The third-order valence-corrected chi connectivity index (χ3v) is 7.79. The van der Waals surface area contributed by atoms with Gasteiger partial charge in [0.25, 0.3) is 0 Å². The van der Waals surface area contributed by atoms with Gasteiger partial charge in [-0.3, -0.25) is 9.69 Å². The fourth-order valence-electron chi connectivity index (χ4n) is 4.12. The van der Waals surface area contributed by atoms with Gasteiger partial charge < -0.3 is 5.32 Å². The number of para-hydroxylation sites is 1. The number of rotatable bonds is 6. The van der Waals surface area contributed by atoms with Crippen molar-refractivity contribution in [3.63, 3.8) is 0 Å². The highest BCUT2D eigenvalue weighted by atomic mass is 32.1. The summed E-state index contributed by atoms with van der Waals surface area (Å²) in [6.07, 6.45) is 3.87. The van der Waals surface area contributed by atoms with E-state index in [9.17, 15) is 4.79 Å². The molecule has 1 saturated heterocycles. The molecule has 0 bridgehead atoms. The summed E-state index contributed by atoms with van der Waals surface area (Å²) >= 11 is 3.38. The minimum absolute atomic E-state index is 0.0440. The summed E-state index contributed by atoms with van der Waals surface area (Å²) in [6, 6.07) is 18.2. The van der Waals surface area contributed by atoms with Crippen molar-refractivity contribution in [3.8, 4) is 0 Å². The number of benzene rings is 2. The van der Waals surface area contributed by atoms with Gasteiger partial charge in [0, 0.05) is 17.5 Å². The van der Waals surface area contributed by atoms with Crippen LogP contribution in [0.4, 0.5) is 0 Å². The van der Waals surface area contributed by atoms with Gasteiger partial charge >= 0.3 is 0 Å². The molecule has 1 unspecified atom stereocenters. The molecule has 7 heteroatoms. The van der Waals surface area contributed by atoms with Crippen molar-refractivity contribution >= 4 is 38.8 Å². The van der Waals surface area contributed by atoms with E-state index >= 15 is 0 Å². The van der Waals surface area contributed by atoms with E-state index in [0.717, 1.165) is 42.0 Å². The molecule has 4 aromatic rings. The predicted molar refractivity (Wildman–Crippen MR) is 127 cm³/mol. The van der Waals surface area contributed by atoms with Crippen LogP contribution >= 0.6 is 22.7 Å². The summed E-state index contributed by atoms with van der Waals surface area (Å²) in [4.78, 5) is 24.4. The van der Waals surface area contributed by atoms with Gasteiger partial charge in [0.2, 0.25) is 5.91 Å². The topological polar surface area (TPSA) is 58.1 Å². The molecule has 31 heavy (non-hydrogen) atoms. The van der Waals surface area contributed by atoms with Gasteiger partial charge in [0.15, 0.2) is 0 Å². The molecule has 1 atom stereocenters. The molecule has 0 radical (unpaired) electrons. The van der Waals surface area contributed by atoms with Crippen LogP contribution in [-0.2, 0) is 4.79 Å². The quantitative estimate of drug-likeness (QED) is 0.459. The Kier molecular flexibility index (Phi) is 6.06. The Morgan fingerprint density at radius 1 is 1.10 bits per heavy atom. The van der Waals surface area contributed by atoms with E-state index < -0.39 is 0 Å². The number of thiazole rings is 2. The molecule has 1 N–H and O–H groups in total. The zero-order valence-corrected chi connectivity index (χ0v) is 18.7. The smallest absolute Gasteiger partial charge is 0.235 e. The van der Waals surface area contributed by atoms with Crippen LogP contribution in [-0.4, -0.2) is 40.4 Å². The van der Waals surface area contributed by atoms with Gasteiger partial charge in [-0.25, -0.2) is 9.97 Å². The minimum atomic E-state index is -0.200. The summed E-state index contributed by atoms with van der Waals surface area (Å²) in [5.41, 5.74) is 2.15. The van der Waals surface area contributed by atoms with Crippen LogP contribution in [0.25, 0.3) is 10.2 Å². The molecule has 3 heterocycles. The number of hydrogen-bond acceptors (Lipinski definition) is 6. The third-order valence-electron chi connectivity index (χ3n) is 5.75. The number of piperidine rings is 1. The lowest BCUT2D eigenvalue weighted by Gasteiger charge is -2.31. The van der Waals surface area contributed by atoms with Crippen molar-refractivity contribution < 1.29 is 4.79 Å². The number of hydrogen-bond donors (Lipinski definition) is 1. The first-order valence-corrected chi connectivity index (χ1v) is 12.3. The van der Waals surface area contributed by atoms with E-state index in [4.69, 9.17) is 4.98 Å². The Bertz CT molecular complexity index is 1100. The minimum Gasteiger partial charge on any atom is -0.342 e. The van der Waals surface area contributed by atoms with Crippen LogP contribution in [0.5, 0.6) is 0 Å². The first-order valence-electron chi connectivity index (χ1n) is 10.6. The molecule has 0 saturated carbocycles. The van der Waals surface area contributed by atoms with Gasteiger partial charge in [0.1, 0.15) is 11.0 Å². The maximum Gasteiger partial charge on any atom is 0.235 e. The average molecular weight is 449 g/mol. The van der Waals surface area contributed by atoms with Crippen LogP contribution in [0.2, 0.25) is 0 Å². The van der Waals surface area contributed by atoms with Crippen molar-refractivity contribution in [1.82, 2.24) is 20.2 Å². The van der Waals surface area contributed by atoms with Crippen molar-refractivity contribution in [3.05, 3.63) is 81.8 Å². The van der Waals surface area contributed by atoms with Gasteiger partial charge in [0.05, 0.1) is 21.8 Å². The molecule has 158 valence electrons. The average Bonchev–Trinajstić information content (AvgIpc) is 3.49. The van der Waals surface area contributed by atoms with Gasteiger partial charge in [-0.15, -0.1) is 22.7 Å². The summed E-state index contributed by atoms with van der Waals surface area (Å²) in [5.74, 6) is 0.534. The number of likely N-dealkylation sites (tertiary alicyclic amines) is 1. The lowest BCUT2D eigenvalue weighted by molar-refractivity contribution is -0.123. The Morgan fingerprint density at radius 2 is 1.87 bits per heavy atom. The lowest BCUT2D eigenvalue weighted by Crippen LogP contribution is -2.42. The number of fused-ring (bicyclic) bond motifs is 1. The highest BCUT2D eigenvalue weighted by molar-refractivity contribution is 7.18. The second-order valence-corrected chi connectivity index (χ2v) is 9.84. The van der Waals surface area contributed by atoms with Gasteiger partial charge in [-0.05, 0) is 43.6 Å². The Labute approximate surface area is 189 Å².